The second-order valence-corrected chi connectivity index (χ2v) is 4.36. The summed E-state index contributed by atoms with van der Waals surface area (Å²) in [6, 6.07) is 0.579. The molecule has 14 heavy (non-hydrogen) atoms. The monoisotopic (exact) mass is 194 g/mol. The van der Waals surface area contributed by atoms with Gasteiger partial charge in [-0.3, -0.25) is 0 Å². The first-order chi connectivity index (χ1) is 6.75. The van der Waals surface area contributed by atoms with Crippen LogP contribution in [0.5, 0.6) is 0 Å². The molecule has 0 amide bonds. The summed E-state index contributed by atoms with van der Waals surface area (Å²) < 4.78 is 5.27. The summed E-state index contributed by atoms with van der Waals surface area (Å²) in [5, 5.41) is 7.37. The minimum Gasteiger partial charge on any atom is -0.344 e. The molecule has 0 aromatic carbocycles. The van der Waals surface area contributed by atoms with E-state index in [1.54, 1.807) is 0 Å². The zero-order valence-corrected chi connectivity index (χ0v) is 8.40. The van der Waals surface area contributed by atoms with Crippen LogP contribution in [0.15, 0.2) is 4.52 Å². The Morgan fingerprint density at radius 2 is 2.36 bits per heavy atom. The maximum atomic E-state index is 5.27. The van der Waals surface area contributed by atoms with Crippen LogP contribution in [0.2, 0.25) is 0 Å². The molecule has 3 heterocycles. The maximum absolute atomic E-state index is 5.27. The highest BCUT2D eigenvalue weighted by Crippen LogP contribution is 2.46. The summed E-state index contributed by atoms with van der Waals surface area (Å²) in [5.74, 6) is 2.66. The quantitative estimate of drug-likeness (QED) is 0.729. The molecule has 5 nitrogen and oxygen atoms in total. The van der Waals surface area contributed by atoms with Crippen molar-refractivity contribution in [3.63, 3.8) is 0 Å². The molecule has 4 rings (SSSR count). The average molecular weight is 194 g/mol. The van der Waals surface area contributed by atoms with Crippen LogP contribution in [-0.4, -0.2) is 36.8 Å². The number of hydrogen-bond acceptors (Lipinski definition) is 5. The molecule has 1 saturated carbocycles. The summed E-state index contributed by atoms with van der Waals surface area (Å²) in [6.07, 6.45) is 1.27. The van der Waals surface area contributed by atoms with Crippen molar-refractivity contribution in [3.8, 4) is 0 Å². The highest BCUT2D eigenvalue weighted by atomic mass is 16.5. The number of aromatic nitrogens is 2. The van der Waals surface area contributed by atoms with Gasteiger partial charge in [-0.1, -0.05) is 0 Å². The number of hydrogen-bond donors (Lipinski definition) is 1. The lowest BCUT2D eigenvalue weighted by Gasteiger charge is -2.30. The van der Waals surface area contributed by atoms with Gasteiger partial charge in [-0.25, -0.2) is 0 Å². The Hall–Kier alpha value is -1.10. The topological polar surface area (TPSA) is 54.2 Å². The van der Waals surface area contributed by atoms with Crippen molar-refractivity contribution < 1.29 is 4.52 Å². The van der Waals surface area contributed by atoms with Gasteiger partial charge in [0.1, 0.15) is 0 Å². The molecule has 1 aliphatic carbocycles. The Labute approximate surface area is 82.5 Å². The number of rotatable bonds is 2. The van der Waals surface area contributed by atoms with E-state index in [9.17, 15) is 0 Å². The standard InChI is InChI=1S/C9H14N4O/c1-13(2)9-11-8(14-12-9)7-5-3-6(7)10-4-5/h5-7,10H,3-4H2,1-2H3. The second-order valence-electron chi connectivity index (χ2n) is 4.36. The third-order valence-corrected chi connectivity index (χ3v) is 3.26. The molecular formula is C9H14N4O. The molecule has 2 bridgehead atoms. The molecule has 1 aromatic heterocycles. The van der Waals surface area contributed by atoms with Gasteiger partial charge in [0.2, 0.25) is 5.89 Å². The van der Waals surface area contributed by atoms with Crippen molar-refractivity contribution in [2.24, 2.45) is 5.92 Å². The molecule has 5 heteroatoms. The fraction of sp³-hybridized carbons (Fsp3) is 0.778. The van der Waals surface area contributed by atoms with Gasteiger partial charge >= 0.3 is 0 Å². The van der Waals surface area contributed by atoms with Crippen LogP contribution in [0.25, 0.3) is 0 Å². The normalized spacial score (nSPS) is 34.3. The molecule has 3 atom stereocenters. The second kappa shape index (κ2) is 2.70. The largest absolute Gasteiger partial charge is 0.344 e. The molecule has 3 aliphatic rings. The van der Waals surface area contributed by atoms with Gasteiger partial charge in [-0.05, 0) is 24.0 Å². The number of nitrogens with one attached hydrogen (secondary N) is 1. The Morgan fingerprint density at radius 3 is 2.86 bits per heavy atom. The first kappa shape index (κ1) is 8.23. The van der Waals surface area contributed by atoms with Crippen molar-refractivity contribution in [1.29, 1.82) is 0 Å². The molecular weight excluding hydrogens is 180 g/mol. The molecule has 0 spiro atoms. The summed E-state index contributed by atoms with van der Waals surface area (Å²) in [4.78, 5) is 6.24. The smallest absolute Gasteiger partial charge is 0.265 e. The van der Waals surface area contributed by atoms with Crippen molar-refractivity contribution in [1.82, 2.24) is 15.5 Å². The van der Waals surface area contributed by atoms with Crippen molar-refractivity contribution >= 4 is 5.95 Å². The van der Waals surface area contributed by atoms with Crippen LogP contribution in [-0.2, 0) is 0 Å². The maximum Gasteiger partial charge on any atom is 0.265 e. The summed E-state index contributed by atoms with van der Waals surface area (Å²) in [5.41, 5.74) is 0. The lowest BCUT2D eigenvalue weighted by Crippen LogP contribution is -2.34. The van der Waals surface area contributed by atoms with Gasteiger partial charge in [-0.15, -0.1) is 0 Å². The molecule has 2 saturated heterocycles. The van der Waals surface area contributed by atoms with E-state index in [0.717, 1.165) is 18.4 Å². The Bertz CT molecular complexity index is 334. The Morgan fingerprint density at radius 1 is 1.50 bits per heavy atom. The van der Waals surface area contributed by atoms with Crippen LogP contribution < -0.4 is 10.2 Å². The Kier molecular flexibility index (Phi) is 1.58. The number of anilines is 1. The minimum atomic E-state index is 0.469. The van der Waals surface area contributed by atoms with Gasteiger partial charge in [0.25, 0.3) is 5.95 Å². The lowest BCUT2D eigenvalue weighted by atomic mass is 9.74. The summed E-state index contributed by atoms with van der Waals surface area (Å²) in [7, 11) is 3.84. The van der Waals surface area contributed by atoms with E-state index in [2.05, 4.69) is 15.5 Å². The average Bonchev–Trinajstić information content (AvgIpc) is 2.76. The fourth-order valence-electron chi connectivity index (χ4n) is 2.39. The van der Waals surface area contributed by atoms with Gasteiger partial charge in [-0.2, -0.15) is 4.98 Å². The van der Waals surface area contributed by atoms with Crippen LogP contribution in [0.1, 0.15) is 18.2 Å². The van der Waals surface area contributed by atoms with E-state index in [1.165, 1.54) is 6.42 Å². The van der Waals surface area contributed by atoms with Crippen molar-refractivity contribution in [2.45, 2.75) is 18.4 Å². The molecule has 1 N–H and O–H groups in total. The van der Waals surface area contributed by atoms with Gasteiger partial charge in [0.05, 0.1) is 5.92 Å². The highest BCUT2D eigenvalue weighted by molar-refractivity contribution is 5.26. The van der Waals surface area contributed by atoms with Crippen LogP contribution in [0.4, 0.5) is 5.95 Å². The number of fused-ring (bicyclic) bond motifs is 1. The van der Waals surface area contributed by atoms with E-state index in [1.807, 2.05) is 19.0 Å². The summed E-state index contributed by atoms with van der Waals surface area (Å²) >= 11 is 0. The van der Waals surface area contributed by atoms with E-state index >= 15 is 0 Å². The molecule has 2 aliphatic heterocycles. The van der Waals surface area contributed by atoms with Gasteiger partial charge in [0, 0.05) is 20.1 Å². The highest BCUT2D eigenvalue weighted by Gasteiger charge is 2.50. The fourth-order valence-corrected chi connectivity index (χ4v) is 2.39. The zero-order valence-electron chi connectivity index (χ0n) is 8.40. The SMILES string of the molecule is CN(C)c1noc(C2C3CNC2C3)n1. The van der Waals surface area contributed by atoms with Gasteiger partial charge in [0.15, 0.2) is 0 Å². The van der Waals surface area contributed by atoms with E-state index in [4.69, 9.17) is 4.52 Å². The first-order valence-corrected chi connectivity index (χ1v) is 5.00. The van der Waals surface area contributed by atoms with Crippen molar-refractivity contribution in [3.05, 3.63) is 5.89 Å². The zero-order chi connectivity index (χ0) is 9.71. The van der Waals surface area contributed by atoms with Crippen LogP contribution >= 0.6 is 0 Å². The van der Waals surface area contributed by atoms with Gasteiger partial charge < -0.3 is 14.7 Å². The molecule has 0 radical (unpaired) electrons. The van der Waals surface area contributed by atoms with Crippen molar-refractivity contribution in [2.75, 3.05) is 25.5 Å². The predicted octanol–water partition coefficient (Wildman–Crippen LogP) is 0.211. The molecule has 76 valence electrons. The van der Waals surface area contributed by atoms with Crippen LogP contribution in [0, 0.1) is 5.92 Å². The van der Waals surface area contributed by atoms with Crippen LogP contribution in [0.3, 0.4) is 0 Å². The molecule has 3 unspecified atom stereocenters. The third kappa shape index (κ3) is 0.987. The number of nitrogens with zero attached hydrogens (tertiary/aromatic N) is 3. The summed E-state index contributed by atoms with van der Waals surface area (Å²) in [6.45, 7) is 1.11. The first-order valence-electron chi connectivity index (χ1n) is 5.00. The van der Waals surface area contributed by atoms with E-state index in [-0.39, 0.29) is 0 Å². The minimum absolute atomic E-state index is 0.469. The molecule has 1 aromatic rings. The molecule has 3 fully saturated rings. The van der Waals surface area contributed by atoms with E-state index < -0.39 is 0 Å². The lowest BCUT2D eigenvalue weighted by molar-refractivity contribution is 0.231. The van der Waals surface area contributed by atoms with E-state index in [0.29, 0.717) is 17.9 Å². The third-order valence-electron chi connectivity index (χ3n) is 3.26. The Balaban J connectivity index is 1.84. The predicted molar refractivity (Wildman–Crippen MR) is 51.3 cm³/mol.